The summed E-state index contributed by atoms with van der Waals surface area (Å²) in [4.78, 5) is 0. The van der Waals surface area contributed by atoms with Crippen molar-refractivity contribution in [3.05, 3.63) is 24.3 Å². The molecule has 1 aromatic carbocycles. The van der Waals surface area contributed by atoms with Crippen molar-refractivity contribution in [3.8, 4) is 5.75 Å². The van der Waals surface area contributed by atoms with E-state index in [1.54, 1.807) is 0 Å². The molecule has 2 nitrogen and oxygen atoms in total. The summed E-state index contributed by atoms with van der Waals surface area (Å²) in [5, 5.41) is 3.71. The highest BCUT2D eigenvalue weighted by Gasteiger charge is 2.25. The molecule has 20 heavy (non-hydrogen) atoms. The highest BCUT2D eigenvalue weighted by Crippen LogP contribution is 2.31. The summed E-state index contributed by atoms with van der Waals surface area (Å²) < 4.78 is 5.90. The van der Waals surface area contributed by atoms with E-state index in [0.717, 1.165) is 24.0 Å². The van der Waals surface area contributed by atoms with E-state index in [1.165, 1.54) is 24.9 Å². The van der Waals surface area contributed by atoms with Crippen LogP contribution in [0.5, 0.6) is 5.75 Å². The Morgan fingerprint density at radius 3 is 2.85 bits per heavy atom. The predicted octanol–water partition coefficient (Wildman–Crippen LogP) is 5.10. The van der Waals surface area contributed by atoms with Crippen molar-refractivity contribution in [1.82, 2.24) is 0 Å². The maximum atomic E-state index is 5.90. The van der Waals surface area contributed by atoms with Crippen molar-refractivity contribution in [3.63, 3.8) is 0 Å². The van der Waals surface area contributed by atoms with Gasteiger partial charge in [-0.3, -0.25) is 0 Å². The van der Waals surface area contributed by atoms with Crippen LogP contribution in [0.2, 0.25) is 0 Å². The van der Waals surface area contributed by atoms with Gasteiger partial charge < -0.3 is 10.1 Å². The van der Waals surface area contributed by atoms with Gasteiger partial charge in [0, 0.05) is 17.8 Å². The van der Waals surface area contributed by atoms with Crippen LogP contribution in [0, 0.1) is 11.8 Å². The minimum atomic E-state index is 0.277. The molecule has 0 radical (unpaired) electrons. The summed E-state index contributed by atoms with van der Waals surface area (Å²) in [6.45, 7) is 8.99. The van der Waals surface area contributed by atoms with E-state index in [1.807, 2.05) is 6.07 Å². The zero-order valence-electron chi connectivity index (χ0n) is 13.4. The van der Waals surface area contributed by atoms with Crippen molar-refractivity contribution >= 4 is 5.69 Å². The van der Waals surface area contributed by atoms with Crippen LogP contribution >= 0.6 is 0 Å². The molecule has 0 spiro atoms. The smallest absolute Gasteiger partial charge is 0.121 e. The monoisotopic (exact) mass is 275 g/mol. The molecular formula is C18H29NO. The molecule has 1 aromatic rings. The van der Waals surface area contributed by atoms with Gasteiger partial charge in [0.05, 0.1) is 6.10 Å². The fourth-order valence-electron chi connectivity index (χ4n) is 2.92. The molecule has 1 fully saturated rings. The largest absolute Gasteiger partial charge is 0.491 e. The standard InChI is InChI=1S/C18H29NO/c1-5-15(4)20-17-8-6-7-16(12-17)19-18-11-13(2)9-10-14(18)3/h6-8,12-15,18-19H,5,9-11H2,1-4H3. The Kier molecular flexibility index (Phi) is 5.33. The number of hydrogen-bond acceptors (Lipinski definition) is 2. The molecule has 4 atom stereocenters. The molecule has 4 unspecified atom stereocenters. The predicted molar refractivity (Wildman–Crippen MR) is 86.4 cm³/mol. The van der Waals surface area contributed by atoms with Gasteiger partial charge in [-0.15, -0.1) is 0 Å². The van der Waals surface area contributed by atoms with Crippen LogP contribution in [0.25, 0.3) is 0 Å². The summed E-state index contributed by atoms with van der Waals surface area (Å²) in [5.74, 6) is 2.56. The van der Waals surface area contributed by atoms with E-state index in [4.69, 9.17) is 4.74 Å². The summed E-state index contributed by atoms with van der Waals surface area (Å²) in [7, 11) is 0. The van der Waals surface area contributed by atoms with Gasteiger partial charge in [-0.25, -0.2) is 0 Å². The minimum Gasteiger partial charge on any atom is -0.491 e. The van der Waals surface area contributed by atoms with Crippen molar-refractivity contribution < 1.29 is 4.74 Å². The Morgan fingerprint density at radius 1 is 1.30 bits per heavy atom. The third-order valence-corrected chi connectivity index (χ3v) is 4.56. The van der Waals surface area contributed by atoms with E-state index in [2.05, 4.69) is 51.2 Å². The van der Waals surface area contributed by atoms with Gasteiger partial charge in [-0.05, 0) is 50.2 Å². The minimum absolute atomic E-state index is 0.277. The summed E-state index contributed by atoms with van der Waals surface area (Å²) >= 11 is 0. The van der Waals surface area contributed by atoms with E-state index in [9.17, 15) is 0 Å². The van der Waals surface area contributed by atoms with Crippen molar-refractivity contribution in [2.45, 2.75) is 65.5 Å². The molecule has 1 aliphatic rings. The van der Waals surface area contributed by atoms with E-state index in [0.29, 0.717) is 6.04 Å². The van der Waals surface area contributed by atoms with Crippen LogP contribution in [0.15, 0.2) is 24.3 Å². The van der Waals surface area contributed by atoms with Crippen LogP contribution in [-0.2, 0) is 0 Å². The van der Waals surface area contributed by atoms with Gasteiger partial charge >= 0.3 is 0 Å². The van der Waals surface area contributed by atoms with Crippen molar-refractivity contribution in [1.29, 1.82) is 0 Å². The summed E-state index contributed by atoms with van der Waals surface area (Å²) in [6, 6.07) is 9.01. The molecular weight excluding hydrogens is 246 g/mol. The number of hydrogen-bond donors (Lipinski definition) is 1. The lowest BCUT2D eigenvalue weighted by Crippen LogP contribution is -2.33. The van der Waals surface area contributed by atoms with E-state index < -0.39 is 0 Å². The molecule has 0 bridgehead atoms. The molecule has 112 valence electrons. The number of anilines is 1. The van der Waals surface area contributed by atoms with Crippen molar-refractivity contribution in [2.75, 3.05) is 5.32 Å². The number of nitrogens with one attached hydrogen (secondary N) is 1. The third kappa shape index (κ3) is 4.16. The van der Waals surface area contributed by atoms with E-state index in [-0.39, 0.29) is 6.10 Å². The molecule has 0 heterocycles. The molecule has 2 heteroatoms. The quantitative estimate of drug-likeness (QED) is 0.807. The van der Waals surface area contributed by atoms with Crippen molar-refractivity contribution in [2.24, 2.45) is 11.8 Å². The second kappa shape index (κ2) is 7.01. The van der Waals surface area contributed by atoms with E-state index >= 15 is 0 Å². The first-order valence-electron chi connectivity index (χ1n) is 8.11. The lowest BCUT2D eigenvalue weighted by atomic mass is 9.80. The highest BCUT2D eigenvalue weighted by atomic mass is 16.5. The molecule has 0 aliphatic heterocycles. The Balaban J connectivity index is 2.00. The topological polar surface area (TPSA) is 21.3 Å². The Bertz CT molecular complexity index is 418. The number of rotatable bonds is 5. The maximum absolute atomic E-state index is 5.90. The maximum Gasteiger partial charge on any atom is 0.121 e. The third-order valence-electron chi connectivity index (χ3n) is 4.56. The van der Waals surface area contributed by atoms with Gasteiger partial charge in [0.25, 0.3) is 0 Å². The van der Waals surface area contributed by atoms with Gasteiger partial charge in [-0.1, -0.05) is 33.3 Å². The van der Waals surface area contributed by atoms with Gasteiger partial charge in [-0.2, -0.15) is 0 Å². The molecule has 1 aliphatic carbocycles. The Morgan fingerprint density at radius 2 is 2.10 bits per heavy atom. The summed E-state index contributed by atoms with van der Waals surface area (Å²) in [6.07, 6.45) is 5.30. The fourth-order valence-corrected chi connectivity index (χ4v) is 2.92. The number of ether oxygens (including phenoxy) is 1. The fraction of sp³-hybridized carbons (Fsp3) is 0.667. The molecule has 1 N–H and O–H groups in total. The van der Waals surface area contributed by atoms with Crippen LogP contribution in [0.3, 0.4) is 0 Å². The van der Waals surface area contributed by atoms with Gasteiger partial charge in [0.1, 0.15) is 5.75 Å². The first kappa shape index (κ1) is 15.2. The van der Waals surface area contributed by atoms with Crippen LogP contribution in [0.4, 0.5) is 5.69 Å². The lowest BCUT2D eigenvalue weighted by Gasteiger charge is -2.34. The second-order valence-electron chi connectivity index (χ2n) is 6.51. The molecule has 1 saturated carbocycles. The lowest BCUT2D eigenvalue weighted by molar-refractivity contribution is 0.217. The highest BCUT2D eigenvalue weighted by molar-refractivity contribution is 5.49. The van der Waals surface area contributed by atoms with Gasteiger partial charge in [0.15, 0.2) is 0 Å². The molecule has 2 rings (SSSR count). The Labute approximate surface area is 123 Å². The first-order valence-corrected chi connectivity index (χ1v) is 8.11. The average Bonchev–Trinajstić information content (AvgIpc) is 2.43. The summed E-state index contributed by atoms with van der Waals surface area (Å²) in [5.41, 5.74) is 1.19. The Hall–Kier alpha value is -1.18. The average molecular weight is 275 g/mol. The molecule has 0 amide bonds. The van der Waals surface area contributed by atoms with Crippen LogP contribution in [0.1, 0.15) is 53.4 Å². The number of benzene rings is 1. The second-order valence-corrected chi connectivity index (χ2v) is 6.51. The SMILES string of the molecule is CCC(C)Oc1cccc(NC2CC(C)CCC2C)c1. The first-order chi connectivity index (χ1) is 9.58. The van der Waals surface area contributed by atoms with Crippen LogP contribution < -0.4 is 10.1 Å². The molecule has 0 aromatic heterocycles. The van der Waals surface area contributed by atoms with Gasteiger partial charge in [0.2, 0.25) is 0 Å². The zero-order valence-corrected chi connectivity index (χ0v) is 13.4. The van der Waals surface area contributed by atoms with Crippen LogP contribution in [-0.4, -0.2) is 12.1 Å². The zero-order chi connectivity index (χ0) is 14.5. The normalized spacial score (nSPS) is 27.9. The molecule has 0 saturated heterocycles.